The third kappa shape index (κ3) is 10.1. The second-order valence-corrected chi connectivity index (χ2v) is 15.1. The predicted octanol–water partition coefficient (Wildman–Crippen LogP) is 7.92. The van der Waals surface area contributed by atoms with Crippen LogP contribution in [0.15, 0.2) is 161 Å². The SMILES string of the molecule is CCOc1c(-c2ccc(O)c(O)c2)oc2cc(O[C@@H]3OC(COC(=O)c4ccccc4)[C@@H](OC(=O)c4ccccc4)C(OC(=O)c4ccccc4)[C@@H]3OC(=O)c3ccccc3)cc(OC)c2c1=O. The van der Waals surface area contributed by atoms with E-state index in [1.165, 1.54) is 86.0 Å². The number of ether oxygens (including phenoxy) is 8. The highest BCUT2D eigenvalue weighted by Gasteiger charge is 2.54. The number of rotatable bonds is 15. The Balaban J connectivity index is 1.27. The summed E-state index contributed by atoms with van der Waals surface area (Å²) < 4.78 is 54.9. The van der Waals surface area contributed by atoms with Crippen molar-refractivity contribution < 1.29 is 71.7 Å². The molecule has 0 bridgehead atoms. The van der Waals surface area contributed by atoms with Crippen molar-refractivity contribution in [2.45, 2.75) is 37.6 Å². The highest BCUT2D eigenvalue weighted by atomic mass is 16.7. The number of esters is 4. The van der Waals surface area contributed by atoms with Gasteiger partial charge in [-0.3, -0.25) is 4.79 Å². The summed E-state index contributed by atoms with van der Waals surface area (Å²) in [5.74, 6) is -4.89. The molecule has 8 rings (SSSR count). The Labute approximate surface area is 387 Å². The third-order valence-electron chi connectivity index (χ3n) is 10.6. The van der Waals surface area contributed by atoms with Crippen LogP contribution < -0.4 is 19.6 Å². The maximum Gasteiger partial charge on any atom is 0.338 e. The fourth-order valence-corrected chi connectivity index (χ4v) is 7.36. The fourth-order valence-electron chi connectivity index (χ4n) is 7.36. The van der Waals surface area contributed by atoms with Gasteiger partial charge < -0.3 is 52.5 Å². The molecule has 16 heteroatoms. The molecule has 1 aromatic heterocycles. The van der Waals surface area contributed by atoms with Crippen molar-refractivity contribution >= 4 is 34.8 Å². The molecule has 2 N–H and O–H groups in total. The number of hydrogen-bond acceptors (Lipinski definition) is 16. The molecule has 7 aromatic rings. The summed E-state index contributed by atoms with van der Waals surface area (Å²) in [5.41, 5.74) is -0.126. The number of aromatic hydroxyl groups is 2. The van der Waals surface area contributed by atoms with Crippen LogP contribution in [0.3, 0.4) is 0 Å². The summed E-state index contributed by atoms with van der Waals surface area (Å²) >= 11 is 0. The lowest BCUT2D eigenvalue weighted by Crippen LogP contribution is -2.63. The summed E-state index contributed by atoms with van der Waals surface area (Å²) in [4.78, 5) is 69.7. The number of methoxy groups -OCH3 is 1. The van der Waals surface area contributed by atoms with Gasteiger partial charge in [0.2, 0.25) is 23.6 Å². The zero-order valence-electron chi connectivity index (χ0n) is 36.3. The topological polar surface area (TPSA) is 213 Å². The van der Waals surface area contributed by atoms with Crippen molar-refractivity contribution in [1.29, 1.82) is 0 Å². The number of carbonyl (C=O) groups is 4. The van der Waals surface area contributed by atoms with Crippen LogP contribution in [-0.4, -0.2) is 85.1 Å². The number of phenols is 2. The Bertz CT molecular complexity index is 2980. The first kappa shape index (κ1) is 45.9. The normalized spacial score (nSPS) is 17.6. The Morgan fingerprint density at radius 3 is 1.63 bits per heavy atom. The van der Waals surface area contributed by atoms with Crippen LogP contribution in [0.5, 0.6) is 28.7 Å². The van der Waals surface area contributed by atoms with Crippen LogP contribution >= 0.6 is 0 Å². The van der Waals surface area contributed by atoms with E-state index in [9.17, 15) is 34.2 Å². The Morgan fingerprint density at radius 2 is 1.12 bits per heavy atom. The van der Waals surface area contributed by atoms with Gasteiger partial charge in [-0.15, -0.1) is 0 Å². The molecule has 1 fully saturated rings. The van der Waals surface area contributed by atoms with Gasteiger partial charge in [-0.25, -0.2) is 19.2 Å². The minimum atomic E-state index is -1.77. The van der Waals surface area contributed by atoms with Gasteiger partial charge in [-0.2, -0.15) is 0 Å². The maximum absolute atomic E-state index is 14.2. The van der Waals surface area contributed by atoms with Gasteiger partial charge in [0.25, 0.3) is 0 Å². The van der Waals surface area contributed by atoms with E-state index >= 15 is 0 Å². The Hall–Kier alpha value is -8.63. The Morgan fingerprint density at radius 1 is 0.603 bits per heavy atom. The zero-order chi connectivity index (χ0) is 47.7. The zero-order valence-corrected chi connectivity index (χ0v) is 36.3. The van der Waals surface area contributed by atoms with E-state index in [1.807, 2.05) is 0 Å². The minimum absolute atomic E-state index is 0.0540. The van der Waals surface area contributed by atoms with Crippen molar-refractivity contribution in [1.82, 2.24) is 0 Å². The van der Waals surface area contributed by atoms with Gasteiger partial charge in [0, 0.05) is 17.7 Å². The second kappa shape index (κ2) is 20.7. The maximum atomic E-state index is 14.2. The van der Waals surface area contributed by atoms with Gasteiger partial charge >= 0.3 is 23.9 Å². The fraction of sp³-hybridized carbons (Fsp3) is 0.173. The molecule has 2 heterocycles. The molecule has 6 aromatic carbocycles. The number of hydrogen-bond donors (Lipinski definition) is 2. The van der Waals surface area contributed by atoms with Crippen molar-refractivity contribution in [3.63, 3.8) is 0 Å². The van der Waals surface area contributed by atoms with E-state index < -0.39 is 78.1 Å². The molecule has 1 aliphatic heterocycles. The van der Waals surface area contributed by atoms with Crippen molar-refractivity contribution in [2.24, 2.45) is 0 Å². The van der Waals surface area contributed by atoms with Crippen molar-refractivity contribution in [2.75, 3.05) is 20.3 Å². The standard InChI is InChI=1S/C52H42O16/c1-3-61-45-42(55)41-38(60-2)27-35(28-39(41)64-43(45)34-24-25-36(53)37(54)26-34)63-52-47(68-51(59)33-22-14-7-15-23-33)46(67-50(58)32-20-12-6-13-21-32)44(66-49(57)31-18-10-5-11-19-31)40(65-52)29-62-48(56)30-16-8-4-9-17-30/h4-28,40,44,46-47,52-54H,3,29H2,1-2H3/t40?,44-,46?,47+,52-/m1/s1. The smallest absolute Gasteiger partial charge is 0.338 e. The van der Waals surface area contributed by atoms with Gasteiger partial charge in [0.05, 0.1) is 36.0 Å². The summed E-state index contributed by atoms with van der Waals surface area (Å²) in [6.07, 6.45) is -8.38. The second-order valence-electron chi connectivity index (χ2n) is 15.1. The first-order valence-corrected chi connectivity index (χ1v) is 21.2. The van der Waals surface area contributed by atoms with Crippen LogP contribution in [0.2, 0.25) is 0 Å². The molecule has 5 atom stereocenters. The predicted molar refractivity (Wildman–Crippen MR) is 242 cm³/mol. The highest BCUT2D eigenvalue weighted by Crippen LogP contribution is 2.40. The minimum Gasteiger partial charge on any atom is -0.504 e. The molecule has 2 unspecified atom stereocenters. The van der Waals surface area contributed by atoms with Gasteiger partial charge in [0.1, 0.15) is 35.2 Å². The molecule has 1 aliphatic rings. The monoisotopic (exact) mass is 922 g/mol. The highest BCUT2D eigenvalue weighted by molar-refractivity contribution is 5.92. The number of benzene rings is 6. The third-order valence-corrected chi connectivity index (χ3v) is 10.6. The molecule has 0 saturated carbocycles. The molecular weight excluding hydrogens is 881 g/mol. The van der Waals surface area contributed by atoms with Crippen molar-refractivity contribution in [3.8, 4) is 40.1 Å². The van der Waals surface area contributed by atoms with E-state index in [0.29, 0.717) is 0 Å². The molecule has 0 spiro atoms. The van der Waals surface area contributed by atoms with Crippen molar-refractivity contribution in [3.05, 3.63) is 184 Å². The lowest BCUT2D eigenvalue weighted by Gasteiger charge is -2.44. The van der Waals surface area contributed by atoms with Crippen LogP contribution in [0, 0.1) is 0 Å². The summed E-state index contributed by atoms with van der Waals surface area (Å²) in [7, 11) is 1.30. The lowest BCUT2D eigenvalue weighted by atomic mass is 9.97. The van der Waals surface area contributed by atoms with Crippen LogP contribution in [0.1, 0.15) is 48.4 Å². The number of carbonyl (C=O) groups excluding carboxylic acids is 4. The van der Waals surface area contributed by atoms with E-state index in [4.69, 9.17) is 42.3 Å². The quantitative estimate of drug-likeness (QED) is 0.0568. The van der Waals surface area contributed by atoms with E-state index in [0.717, 1.165) is 0 Å². The van der Waals surface area contributed by atoms with Crippen LogP contribution in [-0.2, 0) is 23.7 Å². The largest absolute Gasteiger partial charge is 0.504 e. The molecule has 0 amide bonds. The molecular formula is C52H42O16. The summed E-state index contributed by atoms with van der Waals surface area (Å²) in [5, 5.41) is 20.3. The lowest BCUT2D eigenvalue weighted by molar-refractivity contribution is -0.275. The first-order chi connectivity index (χ1) is 33.0. The van der Waals surface area contributed by atoms with E-state index in [1.54, 1.807) is 79.7 Å². The summed E-state index contributed by atoms with van der Waals surface area (Å²) in [6, 6.07) is 38.2. The first-order valence-electron chi connectivity index (χ1n) is 21.2. The van der Waals surface area contributed by atoms with Crippen LogP contribution in [0.4, 0.5) is 0 Å². The van der Waals surface area contributed by atoms with Gasteiger partial charge in [-0.05, 0) is 73.7 Å². The number of fused-ring (bicyclic) bond motifs is 1. The van der Waals surface area contributed by atoms with E-state index in [2.05, 4.69) is 0 Å². The summed E-state index contributed by atoms with van der Waals surface area (Å²) in [6.45, 7) is 1.10. The molecule has 1 saturated heterocycles. The molecule has 0 radical (unpaired) electrons. The average Bonchev–Trinajstić information content (AvgIpc) is 3.37. The number of phenolic OH excluding ortho intramolecular Hbond substituents is 2. The molecule has 346 valence electrons. The molecule has 0 aliphatic carbocycles. The Kier molecular flexibility index (Phi) is 14.0. The van der Waals surface area contributed by atoms with E-state index in [-0.39, 0.29) is 68.4 Å². The van der Waals surface area contributed by atoms with Gasteiger partial charge in [0.15, 0.2) is 29.5 Å². The average molecular weight is 923 g/mol. The molecule has 68 heavy (non-hydrogen) atoms. The molecule has 16 nitrogen and oxygen atoms in total. The van der Waals surface area contributed by atoms with Crippen LogP contribution in [0.25, 0.3) is 22.3 Å². The van der Waals surface area contributed by atoms with Gasteiger partial charge in [-0.1, -0.05) is 72.8 Å².